The normalized spacial score (nSPS) is 12.5. The molecule has 7 heteroatoms. The van der Waals surface area contributed by atoms with Crippen molar-refractivity contribution in [3.05, 3.63) is 65.5 Å². The van der Waals surface area contributed by atoms with E-state index in [-0.39, 0.29) is 12.2 Å². The van der Waals surface area contributed by atoms with E-state index in [0.717, 1.165) is 27.8 Å². The molecule has 0 aliphatic rings. The molecule has 0 aromatic heterocycles. The maximum atomic E-state index is 13.5. The highest BCUT2D eigenvalue weighted by Crippen LogP contribution is 2.21. The molecule has 1 atom stereocenters. The minimum Gasteiger partial charge on any atom is -0.350 e. The van der Waals surface area contributed by atoms with Crippen molar-refractivity contribution in [2.75, 3.05) is 10.6 Å². The van der Waals surface area contributed by atoms with Crippen LogP contribution in [-0.4, -0.2) is 26.6 Å². The molecule has 0 radical (unpaired) electrons. The number of aryl methyl sites for hydroxylation is 1. The van der Waals surface area contributed by atoms with Gasteiger partial charge in [-0.2, -0.15) is 0 Å². The van der Waals surface area contributed by atoms with Crippen molar-refractivity contribution in [2.45, 2.75) is 26.4 Å². The molecule has 25 heavy (non-hydrogen) atoms. The molecular formula is C18H21FN2O3S. The minimum absolute atomic E-state index is 0.112. The molecule has 0 saturated heterocycles. The first kappa shape index (κ1) is 18.9. The first-order valence-corrected chi connectivity index (χ1v) is 9.61. The SMILES string of the molecule is Cc1ccc(CNC(=O)[C@H](C)N(c2cccc(F)c2)S(C)(=O)=O)cc1. The van der Waals surface area contributed by atoms with E-state index >= 15 is 0 Å². The predicted molar refractivity (Wildman–Crippen MR) is 96.2 cm³/mol. The number of hydrogen-bond acceptors (Lipinski definition) is 3. The van der Waals surface area contributed by atoms with Crippen LogP contribution in [0.5, 0.6) is 0 Å². The van der Waals surface area contributed by atoms with Gasteiger partial charge in [0, 0.05) is 6.54 Å². The number of sulfonamides is 1. The maximum Gasteiger partial charge on any atom is 0.243 e. The third kappa shape index (κ3) is 5.03. The number of hydrogen-bond donors (Lipinski definition) is 1. The van der Waals surface area contributed by atoms with E-state index in [9.17, 15) is 17.6 Å². The summed E-state index contributed by atoms with van der Waals surface area (Å²) < 4.78 is 38.6. The Hall–Kier alpha value is -2.41. The van der Waals surface area contributed by atoms with Crippen molar-refractivity contribution in [3.8, 4) is 0 Å². The molecule has 1 amide bonds. The van der Waals surface area contributed by atoms with E-state index in [2.05, 4.69) is 5.32 Å². The number of rotatable bonds is 6. The van der Waals surface area contributed by atoms with Crippen LogP contribution in [0.1, 0.15) is 18.1 Å². The van der Waals surface area contributed by atoms with Crippen LogP contribution in [0.3, 0.4) is 0 Å². The molecule has 0 aliphatic carbocycles. The number of amides is 1. The molecule has 5 nitrogen and oxygen atoms in total. The van der Waals surface area contributed by atoms with Crippen LogP contribution in [-0.2, 0) is 21.4 Å². The van der Waals surface area contributed by atoms with Crippen LogP contribution in [0, 0.1) is 12.7 Å². The zero-order valence-electron chi connectivity index (χ0n) is 14.4. The molecule has 2 aromatic carbocycles. The zero-order chi connectivity index (χ0) is 18.6. The second-order valence-corrected chi connectivity index (χ2v) is 7.78. The average Bonchev–Trinajstić information content (AvgIpc) is 2.53. The van der Waals surface area contributed by atoms with Crippen molar-refractivity contribution in [1.29, 1.82) is 0 Å². The molecule has 0 spiro atoms. The lowest BCUT2D eigenvalue weighted by atomic mass is 10.1. The van der Waals surface area contributed by atoms with Gasteiger partial charge in [0.25, 0.3) is 0 Å². The third-order valence-corrected chi connectivity index (χ3v) is 4.98. The Morgan fingerprint density at radius 1 is 1.20 bits per heavy atom. The number of carbonyl (C=O) groups is 1. The topological polar surface area (TPSA) is 66.5 Å². The van der Waals surface area contributed by atoms with Crippen molar-refractivity contribution >= 4 is 21.6 Å². The third-order valence-electron chi connectivity index (χ3n) is 3.74. The number of nitrogens with one attached hydrogen (secondary N) is 1. The van der Waals surface area contributed by atoms with Crippen molar-refractivity contribution < 1.29 is 17.6 Å². The van der Waals surface area contributed by atoms with E-state index in [1.54, 1.807) is 0 Å². The Bertz CT molecular complexity index is 851. The number of benzene rings is 2. The quantitative estimate of drug-likeness (QED) is 0.857. The highest BCUT2D eigenvalue weighted by molar-refractivity contribution is 7.92. The second-order valence-electron chi connectivity index (χ2n) is 5.92. The highest BCUT2D eigenvalue weighted by Gasteiger charge is 2.29. The monoisotopic (exact) mass is 364 g/mol. The number of anilines is 1. The smallest absolute Gasteiger partial charge is 0.243 e. The van der Waals surface area contributed by atoms with E-state index in [1.165, 1.54) is 25.1 Å². The van der Waals surface area contributed by atoms with Gasteiger partial charge in [0.05, 0.1) is 11.9 Å². The molecular weight excluding hydrogens is 343 g/mol. The van der Waals surface area contributed by atoms with Gasteiger partial charge in [-0.25, -0.2) is 12.8 Å². The molecule has 0 aliphatic heterocycles. The summed E-state index contributed by atoms with van der Waals surface area (Å²) in [5.74, 6) is -1.03. The summed E-state index contributed by atoms with van der Waals surface area (Å²) in [7, 11) is -3.76. The molecule has 0 saturated carbocycles. The van der Waals surface area contributed by atoms with Crippen LogP contribution < -0.4 is 9.62 Å². The van der Waals surface area contributed by atoms with Crippen LogP contribution in [0.4, 0.5) is 10.1 Å². The van der Waals surface area contributed by atoms with Crippen LogP contribution in [0.25, 0.3) is 0 Å². The lowest BCUT2D eigenvalue weighted by molar-refractivity contribution is -0.122. The Morgan fingerprint density at radius 3 is 2.40 bits per heavy atom. The fourth-order valence-corrected chi connectivity index (χ4v) is 3.63. The van der Waals surface area contributed by atoms with Crippen LogP contribution in [0.2, 0.25) is 0 Å². The lowest BCUT2D eigenvalue weighted by Crippen LogP contribution is -2.47. The average molecular weight is 364 g/mol. The van der Waals surface area contributed by atoms with Crippen LogP contribution >= 0.6 is 0 Å². The zero-order valence-corrected chi connectivity index (χ0v) is 15.2. The van der Waals surface area contributed by atoms with Gasteiger partial charge in [-0.3, -0.25) is 9.10 Å². The van der Waals surface area contributed by atoms with Crippen molar-refractivity contribution in [3.63, 3.8) is 0 Å². The van der Waals surface area contributed by atoms with Crippen molar-refractivity contribution in [2.24, 2.45) is 0 Å². The second kappa shape index (κ2) is 7.65. The summed E-state index contributed by atoms with van der Waals surface area (Å²) in [6, 6.07) is 11.8. The number of halogens is 1. The van der Waals surface area contributed by atoms with E-state index in [0.29, 0.717) is 0 Å². The first-order chi connectivity index (χ1) is 11.7. The summed E-state index contributed by atoms with van der Waals surface area (Å²) in [5.41, 5.74) is 2.13. The fourth-order valence-electron chi connectivity index (χ4n) is 2.46. The Balaban J connectivity index is 2.17. The van der Waals surface area contributed by atoms with Gasteiger partial charge < -0.3 is 5.32 Å². The molecule has 0 heterocycles. The molecule has 1 N–H and O–H groups in total. The first-order valence-electron chi connectivity index (χ1n) is 7.76. The van der Waals surface area contributed by atoms with E-state index in [4.69, 9.17) is 0 Å². The van der Waals surface area contributed by atoms with Gasteiger partial charge in [-0.15, -0.1) is 0 Å². The highest BCUT2D eigenvalue weighted by atomic mass is 32.2. The summed E-state index contributed by atoms with van der Waals surface area (Å²) in [6.45, 7) is 3.72. The summed E-state index contributed by atoms with van der Waals surface area (Å²) in [4.78, 5) is 12.4. The largest absolute Gasteiger partial charge is 0.350 e. The van der Waals surface area contributed by atoms with Crippen molar-refractivity contribution in [1.82, 2.24) is 5.32 Å². The van der Waals surface area contributed by atoms with Gasteiger partial charge in [0.15, 0.2) is 0 Å². The standard InChI is InChI=1S/C18H21FN2O3S/c1-13-7-9-15(10-8-13)12-20-18(22)14(2)21(25(3,23)24)17-6-4-5-16(19)11-17/h4-11,14H,12H2,1-3H3,(H,20,22)/t14-/m0/s1. The lowest BCUT2D eigenvalue weighted by Gasteiger charge is -2.28. The molecule has 2 rings (SSSR count). The molecule has 2 aromatic rings. The fraction of sp³-hybridized carbons (Fsp3) is 0.278. The van der Waals surface area contributed by atoms with Gasteiger partial charge >= 0.3 is 0 Å². The van der Waals surface area contributed by atoms with Gasteiger partial charge in [0.1, 0.15) is 11.9 Å². The van der Waals surface area contributed by atoms with E-state index < -0.39 is 27.8 Å². The molecule has 0 unspecified atom stereocenters. The molecule has 134 valence electrons. The van der Waals surface area contributed by atoms with Gasteiger partial charge in [-0.1, -0.05) is 35.9 Å². The Kier molecular flexibility index (Phi) is 5.79. The summed E-state index contributed by atoms with van der Waals surface area (Å²) >= 11 is 0. The number of carbonyl (C=O) groups excluding carboxylic acids is 1. The molecule has 0 bridgehead atoms. The van der Waals surface area contributed by atoms with Gasteiger partial charge in [-0.05, 0) is 37.6 Å². The molecule has 0 fully saturated rings. The Morgan fingerprint density at radius 2 is 1.84 bits per heavy atom. The van der Waals surface area contributed by atoms with E-state index in [1.807, 2.05) is 31.2 Å². The number of nitrogens with zero attached hydrogens (tertiary/aromatic N) is 1. The summed E-state index contributed by atoms with van der Waals surface area (Å²) in [5, 5.41) is 2.72. The maximum absolute atomic E-state index is 13.5. The Labute approximate surface area is 147 Å². The minimum atomic E-state index is -3.76. The van der Waals surface area contributed by atoms with Gasteiger partial charge in [0.2, 0.25) is 15.9 Å². The predicted octanol–water partition coefficient (Wildman–Crippen LogP) is 2.61. The summed E-state index contributed by atoms with van der Waals surface area (Å²) in [6.07, 6.45) is 0.988. The van der Waals surface area contributed by atoms with Crippen LogP contribution in [0.15, 0.2) is 48.5 Å².